The monoisotopic (exact) mass is 253 g/mol. The third-order valence-electron chi connectivity index (χ3n) is 3.98. The van der Waals surface area contributed by atoms with Crippen molar-refractivity contribution in [2.75, 3.05) is 4.90 Å². The Morgan fingerprint density at radius 1 is 0.842 bits per heavy atom. The molecule has 3 heteroatoms. The third-order valence-corrected chi connectivity index (χ3v) is 3.98. The van der Waals surface area contributed by atoms with Crippen LogP contribution >= 0.6 is 0 Å². The van der Waals surface area contributed by atoms with Crippen molar-refractivity contribution in [1.29, 1.82) is 0 Å². The fourth-order valence-corrected chi connectivity index (χ4v) is 2.58. The zero-order chi connectivity index (χ0) is 13.6. The summed E-state index contributed by atoms with van der Waals surface area (Å²) < 4.78 is 0. The van der Waals surface area contributed by atoms with Crippen molar-refractivity contribution in [3.63, 3.8) is 0 Å². The molecule has 1 aliphatic heterocycles. The predicted molar refractivity (Wildman–Crippen MR) is 74.8 cm³/mol. The summed E-state index contributed by atoms with van der Waals surface area (Å²) >= 11 is 0. The van der Waals surface area contributed by atoms with Gasteiger partial charge in [-0.25, -0.2) is 4.90 Å². The molecule has 0 radical (unpaired) electrons. The summed E-state index contributed by atoms with van der Waals surface area (Å²) in [4.78, 5) is 25.9. The molecule has 2 unspecified atom stereocenters. The van der Waals surface area contributed by atoms with Gasteiger partial charge in [0.2, 0.25) is 11.8 Å². The first-order chi connectivity index (χ1) is 9.11. The molecule has 96 valence electrons. The molecule has 1 saturated heterocycles. The number of hydrogen-bond donors (Lipinski definition) is 0. The number of nitrogens with zero attached hydrogens (tertiary/aromatic N) is 1. The lowest BCUT2D eigenvalue weighted by atomic mass is 10.00. The summed E-state index contributed by atoms with van der Waals surface area (Å²) in [7, 11) is 0. The van der Waals surface area contributed by atoms with Gasteiger partial charge in [0, 0.05) is 17.2 Å². The molecule has 0 spiro atoms. The number of carbonyl (C=O) groups excluding carboxylic acids is 2. The van der Waals surface area contributed by atoms with Gasteiger partial charge in [-0.05, 0) is 11.5 Å². The van der Waals surface area contributed by atoms with Crippen LogP contribution in [0.5, 0.6) is 0 Å². The average Bonchev–Trinajstić information content (AvgIpc) is 2.63. The number of imide groups is 1. The summed E-state index contributed by atoms with van der Waals surface area (Å²) in [5.41, 5.74) is 0.698. The lowest BCUT2D eigenvalue weighted by molar-refractivity contribution is -0.122. The number of amides is 2. The molecule has 2 amide bonds. The molecule has 0 aliphatic carbocycles. The van der Waals surface area contributed by atoms with E-state index in [2.05, 4.69) is 0 Å². The van der Waals surface area contributed by atoms with E-state index in [1.807, 2.05) is 56.3 Å². The third kappa shape index (κ3) is 1.65. The minimum Gasteiger partial charge on any atom is -0.274 e. The van der Waals surface area contributed by atoms with E-state index in [0.717, 1.165) is 10.8 Å². The van der Waals surface area contributed by atoms with Crippen molar-refractivity contribution < 1.29 is 9.59 Å². The number of anilines is 1. The van der Waals surface area contributed by atoms with Crippen LogP contribution < -0.4 is 4.90 Å². The summed E-state index contributed by atoms with van der Waals surface area (Å²) in [6.45, 7) is 3.63. The Morgan fingerprint density at radius 2 is 1.42 bits per heavy atom. The van der Waals surface area contributed by atoms with E-state index in [9.17, 15) is 9.59 Å². The molecule has 3 rings (SSSR count). The first-order valence-electron chi connectivity index (χ1n) is 6.47. The molecule has 19 heavy (non-hydrogen) atoms. The highest BCUT2D eigenvalue weighted by Crippen LogP contribution is 2.34. The summed E-state index contributed by atoms with van der Waals surface area (Å²) in [5.74, 6) is -0.694. The van der Waals surface area contributed by atoms with Crippen LogP contribution in [-0.4, -0.2) is 11.8 Å². The normalized spacial score (nSPS) is 23.4. The van der Waals surface area contributed by atoms with Gasteiger partial charge in [-0.1, -0.05) is 50.2 Å². The fraction of sp³-hybridized carbons (Fsp3) is 0.250. The molecule has 0 saturated carbocycles. The molecule has 2 atom stereocenters. The average molecular weight is 253 g/mol. The SMILES string of the molecule is CC1C(=O)N(c2cccc3ccccc23)C(=O)C1C. The second-order valence-electron chi connectivity index (χ2n) is 5.09. The summed E-state index contributed by atoms with van der Waals surface area (Å²) in [5, 5.41) is 1.97. The zero-order valence-electron chi connectivity index (χ0n) is 11.0. The van der Waals surface area contributed by atoms with Gasteiger partial charge in [0.15, 0.2) is 0 Å². The van der Waals surface area contributed by atoms with E-state index in [1.165, 1.54) is 4.90 Å². The second kappa shape index (κ2) is 4.19. The van der Waals surface area contributed by atoms with E-state index in [4.69, 9.17) is 0 Å². The number of benzene rings is 2. The van der Waals surface area contributed by atoms with Crippen LogP contribution in [0.3, 0.4) is 0 Å². The quantitative estimate of drug-likeness (QED) is 0.733. The molecule has 1 aliphatic rings. The van der Waals surface area contributed by atoms with Gasteiger partial charge in [0.1, 0.15) is 0 Å². The molecule has 1 fully saturated rings. The molecule has 1 heterocycles. The van der Waals surface area contributed by atoms with Crippen molar-refractivity contribution >= 4 is 28.3 Å². The smallest absolute Gasteiger partial charge is 0.237 e. The minimum absolute atomic E-state index is 0.103. The molecule has 3 nitrogen and oxygen atoms in total. The molecule has 2 aromatic rings. The molecule has 0 N–H and O–H groups in total. The van der Waals surface area contributed by atoms with Crippen molar-refractivity contribution in [2.24, 2.45) is 11.8 Å². The van der Waals surface area contributed by atoms with Gasteiger partial charge >= 0.3 is 0 Å². The van der Waals surface area contributed by atoms with Crippen molar-refractivity contribution in [3.05, 3.63) is 42.5 Å². The summed E-state index contributed by atoms with van der Waals surface area (Å²) in [6.07, 6.45) is 0. The van der Waals surface area contributed by atoms with Crippen molar-refractivity contribution in [3.8, 4) is 0 Å². The lowest BCUT2D eigenvalue weighted by Crippen LogP contribution is -2.30. The van der Waals surface area contributed by atoms with Gasteiger partial charge in [-0.2, -0.15) is 0 Å². The Morgan fingerprint density at radius 3 is 2.11 bits per heavy atom. The highest BCUT2D eigenvalue weighted by Gasteiger charge is 2.43. The summed E-state index contributed by atoms with van der Waals surface area (Å²) in [6, 6.07) is 13.5. The first kappa shape index (κ1) is 11.9. The topological polar surface area (TPSA) is 37.4 Å². The molecular weight excluding hydrogens is 238 g/mol. The zero-order valence-corrected chi connectivity index (χ0v) is 11.0. The molecule has 0 bridgehead atoms. The van der Waals surface area contributed by atoms with Crippen molar-refractivity contribution in [2.45, 2.75) is 13.8 Å². The van der Waals surface area contributed by atoms with Crippen LogP contribution in [-0.2, 0) is 9.59 Å². The largest absolute Gasteiger partial charge is 0.274 e. The molecule has 0 aromatic heterocycles. The van der Waals surface area contributed by atoms with Crippen molar-refractivity contribution in [1.82, 2.24) is 0 Å². The van der Waals surface area contributed by atoms with Crippen LogP contribution in [0.15, 0.2) is 42.5 Å². The van der Waals surface area contributed by atoms with Crippen LogP contribution in [0, 0.1) is 11.8 Å². The van der Waals surface area contributed by atoms with E-state index < -0.39 is 0 Å². The van der Waals surface area contributed by atoms with Gasteiger partial charge in [-0.3, -0.25) is 9.59 Å². The standard InChI is InChI=1S/C16H15NO2/c1-10-11(2)16(19)17(15(10)18)14-9-5-7-12-6-3-4-8-13(12)14/h3-11H,1-2H3. The Labute approximate surface area is 111 Å². The van der Waals surface area contributed by atoms with Gasteiger partial charge < -0.3 is 0 Å². The number of fused-ring (bicyclic) bond motifs is 1. The molecular formula is C16H15NO2. The predicted octanol–water partition coefficient (Wildman–Crippen LogP) is 2.99. The Balaban J connectivity index is 2.20. The first-order valence-corrected chi connectivity index (χ1v) is 6.47. The molecule has 2 aromatic carbocycles. The van der Waals surface area contributed by atoms with E-state index in [0.29, 0.717) is 5.69 Å². The van der Waals surface area contributed by atoms with Gasteiger partial charge in [-0.15, -0.1) is 0 Å². The number of carbonyl (C=O) groups is 2. The highest BCUT2D eigenvalue weighted by atomic mass is 16.2. The van der Waals surface area contributed by atoms with Crippen LogP contribution in [0.1, 0.15) is 13.8 Å². The van der Waals surface area contributed by atoms with E-state index >= 15 is 0 Å². The van der Waals surface area contributed by atoms with Crippen LogP contribution in [0.2, 0.25) is 0 Å². The van der Waals surface area contributed by atoms with Crippen LogP contribution in [0.4, 0.5) is 5.69 Å². The maximum Gasteiger partial charge on any atom is 0.237 e. The lowest BCUT2D eigenvalue weighted by Gasteiger charge is -2.17. The van der Waals surface area contributed by atoms with Gasteiger partial charge in [0.05, 0.1) is 5.69 Å². The Kier molecular flexibility index (Phi) is 2.63. The minimum atomic E-state index is -0.244. The van der Waals surface area contributed by atoms with E-state index in [-0.39, 0.29) is 23.7 Å². The maximum atomic E-state index is 12.3. The maximum absolute atomic E-state index is 12.3. The van der Waals surface area contributed by atoms with E-state index in [1.54, 1.807) is 0 Å². The number of hydrogen-bond acceptors (Lipinski definition) is 2. The Bertz CT molecular complexity index is 652. The second-order valence-corrected chi connectivity index (χ2v) is 5.09. The van der Waals surface area contributed by atoms with Crippen LogP contribution in [0.25, 0.3) is 10.8 Å². The fourth-order valence-electron chi connectivity index (χ4n) is 2.58. The van der Waals surface area contributed by atoms with Gasteiger partial charge in [0.25, 0.3) is 0 Å². The Hall–Kier alpha value is -2.16. The number of rotatable bonds is 1. The highest BCUT2D eigenvalue weighted by molar-refractivity contribution is 6.24.